The molecular formula is C16H24AcN2O. The van der Waals surface area contributed by atoms with E-state index in [1.54, 1.807) is 0 Å². The van der Waals surface area contributed by atoms with Gasteiger partial charge in [-0.3, -0.25) is 0 Å². The molecule has 20 heavy (non-hydrogen) atoms. The number of anilines is 1. The van der Waals surface area contributed by atoms with Gasteiger partial charge in [-0.2, -0.15) is 0 Å². The molecule has 2 heterocycles. The molecular weight excluding hydrogens is 463 g/mol. The molecule has 1 aromatic rings. The number of hydrogen-bond donors (Lipinski definition) is 1. The van der Waals surface area contributed by atoms with Gasteiger partial charge in [0.05, 0.1) is 0 Å². The Morgan fingerprint density at radius 1 is 1.25 bits per heavy atom. The first kappa shape index (κ1) is 16.7. The van der Waals surface area contributed by atoms with E-state index in [4.69, 9.17) is 0 Å². The Labute approximate surface area is 157 Å². The minimum Gasteiger partial charge on any atom is -0.396 e. The van der Waals surface area contributed by atoms with Crippen molar-refractivity contribution in [1.82, 2.24) is 4.90 Å². The van der Waals surface area contributed by atoms with Gasteiger partial charge < -0.3 is 14.9 Å². The van der Waals surface area contributed by atoms with Crippen LogP contribution in [0.2, 0.25) is 0 Å². The summed E-state index contributed by atoms with van der Waals surface area (Å²) in [6.45, 7) is 6.93. The second-order valence-corrected chi connectivity index (χ2v) is 5.76. The summed E-state index contributed by atoms with van der Waals surface area (Å²) in [5.74, 6) is 0.389. The van der Waals surface area contributed by atoms with Crippen molar-refractivity contribution in [2.75, 3.05) is 37.7 Å². The van der Waals surface area contributed by atoms with Gasteiger partial charge in [0.1, 0.15) is 0 Å². The predicted octanol–water partition coefficient (Wildman–Crippen LogP) is 1.75. The van der Waals surface area contributed by atoms with Crippen molar-refractivity contribution in [3.8, 4) is 0 Å². The van der Waals surface area contributed by atoms with Crippen LogP contribution in [-0.2, 0) is 6.42 Å². The van der Waals surface area contributed by atoms with Crippen LogP contribution >= 0.6 is 0 Å². The summed E-state index contributed by atoms with van der Waals surface area (Å²) in [7, 11) is 0. The van der Waals surface area contributed by atoms with Crippen molar-refractivity contribution < 1.29 is 49.2 Å². The number of likely N-dealkylation sites (tertiary alicyclic amines) is 1. The number of aliphatic hydroxyl groups excluding tert-OH is 1. The number of benzene rings is 1. The first-order valence-electron chi connectivity index (χ1n) is 7.51. The molecule has 0 saturated carbocycles. The quantitative estimate of drug-likeness (QED) is 0.704. The van der Waals surface area contributed by atoms with E-state index >= 15 is 0 Å². The molecule has 0 aliphatic carbocycles. The minimum absolute atomic E-state index is 0. The Balaban J connectivity index is 0.00000147. The maximum atomic E-state index is 9.73. The van der Waals surface area contributed by atoms with E-state index < -0.39 is 0 Å². The normalized spacial score (nSPS) is 26.2. The minimum atomic E-state index is 0. The van der Waals surface area contributed by atoms with Gasteiger partial charge in [-0.25, -0.2) is 0 Å². The second kappa shape index (κ2) is 7.59. The molecule has 4 heteroatoms. The summed E-state index contributed by atoms with van der Waals surface area (Å²) < 4.78 is 0. The average molecular weight is 487 g/mol. The fourth-order valence-corrected chi connectivity index (χ4v) is 3.68. The smallest absolute Gasteiger partial charge is 0.0491 e. The fraction of sp³-hybridized carbons (Fsp3) is 0.625. The number of rotatable bonds is 3. The monoisotopic (exact) mass is 487 g/mol. The molecule has 0 aromatic heterocycles. The Kier molecular flexibility index (Phi) is 6.35. The van der Waals surface area contributed by atoms with Crippen molar-refractivity contribution in [2.24, 2.45) is 5.92 Å². The molecule has 1 aromatic carbocycles. The van der Waals surface area contributed by atoms with E-state index in [1.165, 1.54) is 17.7 Å². The molecule has 1 unspecified atom stereocenters. The van der Waals surface area contributed by atoms with Crippen LogP contribution in [-0.4, -0.2) is 48.8 Å². The summed E-state index contributed by atoms with van der Waals surface area (Å²) in [6.07, 6.45) is 2.33. The molecule has 0 spiro atoms. The van der Waals surface area contributed by atoms with E-state index in [0.29, 0.717) is 18.6 Å². The Bertz CT molecular complexity index is 440. The number of nitrogens with zero attached hydrogens (tertiary/aromatic N) is 2. The van der Waals surface area contributed by atoms with Crippen molar-refractivity contribution in [1.29, 1.82) is 0 Å². The zero-order valence-corrected chi connectivity index (χ0v) is 17.1. The molecule has 2 aliphatic rings. The van der Waals surface area contributed by atoms with Crippen molar-refractivity contribution in [2.45, 2.75) is 25.8 Å². The zero-order chi connectivity index (χ0) is 13.2. The summed E-state index contributed by atoms with van der Waals surface area (Å²) in [6, 6.07) is 9.25. The van der Waals surface area contributed by atoms with Gasteiger partial charge in [0.25, 0.3) is 0 Å². The van der Waals surface area contributed by atoms with Crippen LogP contribution in [0.15, 0.2) is 24.3 Å². The molecule has 3 rings (SSSR count). The van der Waals surface area contributed by atoms with E-state index in [1.807, 2.05) is 0 Å². The first-order chi connectivity index (χ1) is 9.33. The molecule has 1 fully saturated rings. The van der Waals surface area contributed by atoms with E-state index in [9.17, 15) is 5.11 Å². The SMILES string of the molecule is CCN1CCC(N2CCc3ccccc32)[C@H](CO)C1.[Ac]. The predicted molar refractivity (Wildman–Crippen MR) is 78.6 cm³/mol. The third-order valence-corrected chi connectivity index (χ3v) is 4.78. The molecule has 1 radical (unpaired) electrons. The molecule has 3 nitrogen and oxygen atoms in total. The Hall–Kier alpha value is 0.382. The van der Waals surface area contributed by atoms with Crippen LogP contribution in [0.3, 0.4) is 0 Å². The van der Waals surface area contributed by atoms with Crippen molar-refractivity contribution >= 4 is 5.69 Å². The van der Waals surface area contributed by atoms with Gasteiger partial charge in [0.2, 0.25) is 0 Å². The van der Waals surface area contributed by atoms with Crippen LogP contribution in [0.4, 0.5) is 5.69 Å². The third-order valence-electron chi connectivity index (χ3n) is 4.78. The molecule has 2 aliphatic heterocycles. The summed E-state index contributed by atoms with van der Waals surface area (Å²) >= 11 is 0. The molecule has 0 amide bonds. The number of para-hydroxylation sites is 1. The van der Waals surface area contributed by atoms with Gasteiger partial charge in [0, 0.05) is 88.0 Å². The fourth-order valence-electron chi connectivity index (χ4n) is 3.68. The van der Waals surface area contributed by atoms with Crippen molar-refractivity contribution in [3.63, 3.8) is 0 Å². The van der Waals surface area contributed by atoms with E-state index in [0.717, 1.165) is 32.6 Å². The summed E-state index contributed by atoms with van der Waals surface area (Å²) in [4.78, 5) is 5.00. The summed E-state index contributed by atoms with van der Waals surface area (Å²) in [5.41, 5.74) is 2.87. The second-order valence-electron chi connectivity index (χ2n) is 5.76. The maximum absolute atomic E-state index is 9.73. The van der Waals surface area contributed by atoms with Gasteiger partial charge >= 0.3 is 0 Å². The Morgan fingerprint density at radius 2 is 2.05 bits per heavy atom. The van der Waals surface area contributed by atoms with Crippen LogP contribution in [0.1, 0.15) is 18.9 Å². The number of fused-ring (bicyclic) bond motifs is 1. The average Bonchev–Trinajstić information content (AvgIpc) is 2.90. The van der Waals surface area contributed by atoms with Crippen LogP contribution < -0.4 is 4.90 Å². The zero-order valence-electron chi connectivity index (χ0n) is 12.3. The van der Waals surface area contributed by atoms with Crippen LogP contribution in [0.25, 0.3) is 0 Å². The van der Waals surface area contributed by atoms with Gasteiger partial charge in [-0.05, 0) is 31.0 Å². The van der Waals surface area contributed by atoms with E-state index in [2.05, 4.69) is 41.0 Å². The van der Waals surface area contributed by atoms with Crippen LogP contribution in [0, 0.1) is 50.0 Å². The van der Waals surface area contributed by atoms with Gasteiger partial charge in [-0.15, -0.1) is 0 Å². The van der Waals surface area contributed by atoms with Gasteiger partial charge in [0.15, 0.2) is 0 Å². The maximum Gasteiger partial charge on any atom is 0.0491 e. The number of hydrogen-bond acceptors (Lipinski definition) is 3. The molecule has 2 atom stereocenters. The molecule has 0 bridgehead atoms. The van der Waals surface area contributed by atoms with Crippen LogP contribution in [0.5, 0.6) is 0 Å². The first-order valence-corrected chi connectivity index (χ1v) is 7.51. The van der Waals surface area contributed by atoms with Gasteiger partial charge in [-0.1, -0.05) is 25.1 Å². The molecule has 1 N–H and O–H groups in total. The summed E-state index contributed by atoms with van der Waals surface area (Å²) in [5, 5.41) is 9.73. The largest absolute Gasteiger partial charge is 0.396 e. The molecule has 107 valence electrons. The third kappa shape index (κ3) is 3.24. The van der Waals surface area contributed by atoms with Crippen molar-refractivity contribution in [3.05, 3.63) is 29.8 Å². The Morgan fingerprint density at radius 3 is 2.80 bits per heavy atom. The topological polar surface area (TPSA) is 26.7 Å². The van der Waals surface area contributed by atoms with E-state index in [-0.39, 0.29) is 44.1 Å². The number of aliphatic hydroxyl groups is 1. The standard InChI is InChI=1S/C16H24N2O.Ac/c1-2-17-9-8-16(14(11-17)12-19)18-10-7-13-5-3-4-6-15(13)18;/h3-6,14,16,19H,2,7-12H2,1H3;/t14-,16?;/m0./s1. The number of piperidine rings is 1. The molecule has 1 saturated heterocycles.